The molecule has 0 heterocycles. The van der Waals surface area contributed by atoms with Gasteiger partial charge in [-0.25, -0.2) is 0 Å². The third-order valence-corrected chi connectivity index (χ3v) is 5.29. The van der Waals surface area contributed by atoms with Crippen LogP contribution in [0.25, 0.3) is 0 Å². The van der Waals surface area contributed by atoms with Crippen molar-refractivity contribution in [2.45, 2.75) is 31.6 Å². The number of halogens is 1. The Kier molecular flexibility index (Phi) is 5.65. The number of rotatable bonds is 6. The van der Waals surface area contributed by atoms with Crippen LogP contribution in [0.1, 0.15) is 30.4 Å². The number of benzene rings is 2. The molecule has 2 aromatic carbocycles. The lowest BCUT2D eigenvalue weighted by atomic mass is 9.64. The number of aryl methyl sites for hydroxylation is 1. The van der Waals surface area contributed by atoms with Crippen LogP contribution in [0.4, 0.5) is 11.4 Å². The molecule has 1 aliphatic rings. The van der Waals surface area contributed by atoms with Crippen molar-refractivity contribution in [2.24, 2.45) is 0 Å². The molecule has 0 atom stereocenters. The topological polar surface area (TPSA) is 98.5 Å². The molecule has 2 aromatic rings. The summed E-state index contributed by atoms with van der Waals surface area (Å²) < 4.78 is 5.27. The molecular weight excluding hydrogens is 384 g/mol. The van der Waals surface area contributed by atoms with Gasteiger partial charge in [0.15, 0.2) is 6.61 Å². The first-order valence-corrected chi connectivity index (χ1v) is 9.18. The Hall–Kier alpha value is -2.93. The lowest BCUT2D eigenvalue weighted by molar-refractivity contribution is -0.384. The summed E-state index contributed by atoms with van der Waals surface area (Å²) in [6.07, 6.45) is 2.20. The minimum Gasteiger partial charge on any atom is -0.455 e. The van der Waals surface area contributed by atoms with Crippen LogP contribution in [0.2, 0.25) is 5.02 Å². The summed E-state index contributed by atoms with van der Waals surface area (Å²) in [6, 6.07) is 11.2. The van der Waals surface area contributed by atoms with Gasteiger partial charge in [-0.1, -0.05) is 36.2 Å². The Labute approximate surface area is 166 Å². The van der Waals surface area contributed by atoms with Gasteiger partial charge in [-0.15, -0.1) is 0 Å². The Morgan fingerprint density at radius 1 is 1.21 bits per heavy atom. The van der Waals surface area contributed by atoms with Crippen molar-refractivity contribution >= 4 is 34.9 Å². The molecule has 0 saturated heterocycles. The Morgan fingerprint density at radius 2 is 1.89 bits per heavy atom. The number of carbonyl (C=O) groups excluding carboxylic acids is 2. The minimum absolute atomic E-state index is 0.131. The van der Waals surface area contributed by atoms with E-state index >= 15 is 0 Å². The molecule has 1 N–H and O–H groups in total. The summed E-state index contributed by atoms with van der Waals surface area (Å²) in [5.41, 5.74) is 0.928. The van der Waals surface area contributed by atoms with Gasteiger partial charge in [0.2, 0.25) is 0 Å². The molecule has 1 fully saturated rings. The van der Waals surface area contributed by atoms with Crippen molar-refractivity contribution in [3.63, 3.8) is 0 Å². The molecule has 7 nitrogen and oxygen atoms in total. The number of nitrogens with one attached hydrogen (secondary N) is 1. The summed E-state index contributed by atoms with van der Waals surface area (Å²) in [5, 5.41) is 14.0. The van der Waals surface area contributed by atoms with Crippen LogP contribution in [0.5, 0.6) is 0 Å². The first-order chi connectivity index (χ1) is 13.3. The Morgan fingerprint density at radius 3 is 2.46 bits per heavy atom. The lowest BCUT2D eigenvalue weighted by Gasteiger charge is -2.39. The fraction of sp³-hybridized carbons (Fsp3) is 0.300. The highest BCUT2D eigenvalue weighted by Crippen LogP contribution is 2.45. The van der Waals surface area contributed by atoms with E-state index in [1.54, 1.807) is 37.3 Å². The van der Waals surface area contributed by atoms with E-state index in [2.05, 4.69) is 5.32 Å². The lowest BCUT2D eigenvalue weighted by Crippen LogP contribution is -2.44. The molecular formula is C20H19ClN2O5. The number of esters is 1. The number of ether oxygens (including phenoxy) is 1. The van der Waals surface area contributed by atoms with Crippen molar-refractivity contribution in [1.82, 2.24) is 0 Å². The van der Waals surface area contributed by atoms with Crippen LogP contribution in [0.3, 0.4) is 0 Å². The molecule has 28 heavy (non-hydrogen) atoms. The van der Waals surface area contributed by atoms with Gasteiger partial charge in [-0.05, 0) is 43.0 Å². The largest absolute Gasteiger partial charge is 0.455 e. The van der Waals surface area contributed by atoms with Gasteiger partial charge in [0.1, 0.15) is 0 Å². The van der Waals surface area contributed by atoms with Crippen LogP contribution in [0.15, 0.2) is 42.5 Å². The second-order valence-corrected chi connectivity index (χ2v) is 7.26. The summed E-state index contributed by atoms with van der Waals surface area (Å²) in [6.45, 7) is 1.26. The second-order valence-electron chi connectivity index (χ2n) is 6.82. The molecule has 0 aromatic heterocycles. The zero-order valence-electron chi connectivity index (χ0n) is 15.2. The predicted molar refractivity (Wildman–Crippen MR) is 104 cm³/mol. The molecule has 3 rings (SSSR count). The highest BCUT2D eigenvalue weighted by atomic mass is 35.5. The van der Waals surface area contributed by atoms with Crippen LogP contribution in [-0.4, -0.2) is 23.4 Å². The maximum atomic E-state index is 12.7. The van der Waals surface area contributed by atoms with E-state index in [1.165, 1.54) is 12.1 Å². The van der Waals surface area contributed by atoms with E-state index in [4.69, 9.17) is 16.3 Å². The van der Waals surface area contributed by atoms with E-state index in [1.807, 2.05) is 0 Å². The molecule has 1 amide bonds. The summed E-state index contributed by atoms with van der Waals surface area (Å²) in [7, 11) is 0. The first-order valence-electron chi connectivity index (χ1n) is 8.80. The fourth-order valence-electron chi connectivity index (χ4n) is 3.22. The van der Waals surface area contributed by atoms with Crippen LogP contribution >= 0.6 is 11.6 Å². The molecule has 0 unspecified atom stereocenters. The van der Waals surface area contributed by atoms with Crippen molar-refractivity contribution in [2.75, 3.05) is 11.9 Å². The highest BCUT2D eigenvalue weighted by Gasteiger charge is 2.47. The van der Waals surface area contributed by atoms with Crippen molar-refractivity contribution in [3.05, 3.63) is 68.7 Å². The van der Waals surface area contributed by atoms with Gasteiger partial charge >= 0.3 is 5.97 Å². The summed E-state index contributed by atoms with van der Waals surface area (Å²) in [4.78, 5) is 35.2. The van der Waals surface area contributed by atoms with E-state index in [-0.39, 0.29) is 5.69 Å². The number of nitrogens with zero attached hydrogens (tertiary/aromatic N) is 1. The van der Waals surface area contributed by atoms with Crippen LogP contribution in [-0.2, 0) is 19.7 Å². The number of anilines is 1. The number of non-ortho nitro benzene ring substituents is 1. The number of carbonyl (C=O) groups is 2. The predicted octanol–water partition coefficient (Wildman–Crippen LogP) is 4.16. The van der Waals surface area contributed by atoms with E-state index < -0.39 is 28.8 Å². The fourth-order valence-corrected chi connectivity index (χ4v) is 3.35. The maximum Gasteiger partial charge on any atom is 0.317 e. The molecule has 146 valence electrons. The molecule has 0 radical (unpaired) electrons. The number of nitro benzene ring substituents is 1. The van der Waals surface area contributed by atoms with Gasteiger partial charge in [-0.3, -0.25) is 19.7 Å². The smallest absolute Gasteiger partial charge is 0.317 e. The van der Waals surface area contributed by atoms with E-state index in [0.29, 0.717) is 29.1 Å². The molecule has 0 bridgehead atoms. The van der Waals surface area contributed by atoms with Gasteiger partial charge in [0.25, 0.3) is 11.6 Å². The normalized spacial score (nSPS) is 14.6. The molecule has 1 saturated carbocycles. The Bertz CT molecular complexity index is 923. The highest BCUT2D eigenvalue weighted by molar-refractivity contribution is 6.30. The minimum atomic E-state index is -0.744. The van der Waals surface area contributed by atoms with Crippen molar-refractivity contribution in [3.8, 4) is 0 Å². The number of hydrogen-bond donors (Lipinski definition) is 1. The standard InChI is InChI=1S/C20H19ClN2O5/c1-13-3-8-16(23(26)27)11-17(13)22-18(24)12-28-19(25)20(9-2-10-20)14-4-6-15(21)7-5-14/h3-8,11H,2,9-10,12H2,1H3,(H,22,24). The van der Waals surface area contributed by atoms with E-state index in [9.17, 15) is 19.7 Å². The Balaban J connectivity index is 1.64. The molecule has 0 aliphatic heterocycles. The number of hydrogen-bond acceptors (Lipinski definition) is 5. The molecule has 0 spiro atoms. The third kappa shape index (κ3) is 3.99. The quantitative estimate of drug-likeness (QED) is 0.444. The van der Waals surface area contributed by atoms with Gasteiger partial charge in [0, 0.05) is 17.2 Å². The van der Waals surface area contributed by atoms with Crippen LogP contribution < -0.4 is 5.32 Å². The zero-order valence-corrected chi connectivity index (χ0v) is 16.0. The molecule has 8 heteroatoms. The summed E-state index contributed by atoms with van der Waals surface area (Å²) in [5.74, 6) is -1.01. The number of nitro groups is 1. The van der Waals surface area contributed by atoms with Crippen molar-refractivity contribution in [1.29, 1.82) is 0 Å². The van der Waals surface area contributed by atoms with E-state index in [0.717, 1.165) is 12.0 Å². The summed E-state index contributed by atoms with van der Waals surface area (Å²) >= 11 is 5.91. The van der Waals surface area contributed by atoms with Crippen molar-refractivity contribution < 1.29 is 19.2 Å². The van der Waals surface area contributed by atoms with Gasteiger partial charge in [0.05, 0.1) is 16.0 Å². The third-order valence-electron chi connectivity index (χ3n) is 5.04. The number of amides is 1. The first kappa shape index (κ1) is 19.8. The average Bonchev–Trinajstić information content (AvgIpc) is 2.62. The molecule has 1 aliphatic carbocycles. The van der Waals surface area contributed by atoms with Gasteiger partial charge in [-0.2, -0.15) is 0 Å². The maximum absolute atomic E-state index is 12.7. The second kappa shape index (κ2) is 7.98. The van der Waals surface area contributed by atoms with Gasteiger partial charge < -0.3 is 10.1 Å². The SMILES string of the molecule is Cc1ccc([N+](=O)[O-])cc1NC(=O)COC(=O)C1(c2ccc(Cl)cc2)CCC1. The van der Waals surface area contributed by atoms with Crippen LogP contribution in [0, 0.1) is 17.0 Å². The average molecular weight is 403 g/mol. The zero-order chi connectivity index (χ0) is 20.3. The monoisotopic (exact) mass is 402 g/mol.